The largest absolute Gasteiger partial charge is 0.423 e. The molecule has 3 aromatic rings. The number of aliphatic imine (C=N–C) groups is 1. The molecule has 0 aliphatic heterocycles. The molecule has 0 saturated heterocycles. The molecule has 24 heavy (non-hydrogen) atoms. The van der Waals surface area contributed by atoms with E-state index >= 15 is 0 Å². The zero-order valence-electron chi connectivity index (χ0n) is 12.7. The lowest BCUT2D eigenvalue weighted by molar-refractivity contribution is 0.0735. The maximum Gasteiger partial charge on any atom is 0.343 e. The molecule has 4 heteroatoms. The third-order valence-electron chi connectivity index (χ3n) is 3.29. The molecule has 3 rings (SSSR count). The van der Waals surface area contributed by atoms with Gasteiger partial charge in [0.1, 0.15) is 5.75 Å². The van der Waals surface area contributed by atoms with Crippen molar-refractivity contribution >= 4 is 29.5 Å². The van der Waals surface area contributed by atoms with E-state index in [1.54, 1.807) is 42.6 Å². The van der Waals surface area contributed by atoms with Gasteiger partial charge in [0.15, 0.2) is 0 Å². The standard InChI is InChI=1S/C20H14ClNO2/c21-17-10-12-18(13-11-17)22-14-15-6-8-16(9-7-15)20(23)24-19-4-2-1-3-5-19/h1-14H. The predicted octanol–water partition coefficient (Wildman–Crippen LogP) is 5.31. The molecular formula is C20H14ClNO2. The normalized spacial score (nSPS) is 10.7. The minimum absolute atomic E-state index is 0.387. The van der Waals surface area contributed by atoms with Crippen LogP contribution < -0.4 is 4.74 Å². The Hall–Kier alpha value is -2.91. The zero-order valence-corrected chi connectivity index (χ0v) is 13.5. The number of nitrogens with zero attached hydrogens (tertiary/aromatic N) is 1. The van der Waals surface area contributed by atoms with Crippen molar-refractivity contribution in [1.82, 2.24) is 0 Å². The highest BCUT2D eigenvalue weighted by molar-refractivity contribution is 6.30. The summed E-state index contributed by atoms with van der Waals surface area (Å²) in [6, 6.07) is 23.3. The van der Waals surface area contributed by atoms with Crippen molar-refractivity contribution < 1.29 is 9.53 Å². The first-order chi connectivity index (χ1) is 11.7. The van der Waals surface area contributed by atoms with E-state index in [0.29, 0.717) is 16.3 Å². The molecule has 0 spiro atoms. The van der Waals surface area contributed by atoms with Crippen molar-refractivity contribution in [2.45, 2.75) is 0 Å². The van der Waals surface area contributed by atoms with Gasteiger partial charge in [-0.3, -0.25) is 4.99 Å². The molecule has 0 atom stereocenters. The summed E-state index contributed by atoms with van der Waals surface area (Å²) in [7, 11) is 0. The van der Waals surface area contributed by atoms with E-state index in [4.69, 9.17) is 16.3 Å². The highest BCUT2D eigenvalue weighted by Crippen LogP contribution is 2.16. The number of hydrogen-bond acceptors (Lipinski definition) is 3. The van der Waals surface area contributed by atoms with Crippen LogP contribution >= 0.6 is 11.6 Å². The van der Waals surface area contributed by atoms with Gasteiger partial charge in [-0.15, -0.1) is 0 Å². The lowest BCUT2D eigenvalue weighted by atomic mass is 10.1. The first-order valence-corrected chi connectivity index (χ1v) is 7.75. The van der Waals surface area contributed by atoms with Gasteiger partial charge in [-0.05, 0) is 54.1 Å². The van der Waals surface area contributed by atoms with Gasteiger partial charge in [0.05, 0.1) is 11.3 Å². The maximum absolute atomic E-state index is 12.1. The molecule has 0 aliphatic carbocycles. The smallest absolute Gasteiger partial charge is 0.343 e. The number of carbonyl (C=O) groups excluding carboxylic acids is 1. The Labute approximate surface area is 145 Å². The SMILES string of the molecule is O=C(Oc1ccccc1)c1ccc(C=Nc2ccc(Cl)cc2)cc1. The van der Waals surface area contributed by atoms with E-state index in [2.05, 4.69) is 4.99 Å². The summed E-state index contributed by atoms with van der Waals surface area (Å²) >= 11 is 5.84. The quantitative estimate of drug-likeness (QED) is 0.368. The molecule has 0 aliphatic rings. The van der Waals surface area contributed by atoms with Gasteiger partial charge in [0.2, 0.25) is 0 Å². The maximum atomic E-state index is 12.1. The van der Waals surface area contributed by atoms with Crippen molar-refractivity contribution in [2.24, 2.45) is 4.99 Å². The molecule has 0 aromatic heterocycles. The summed E-state index contributed by atoms with van der Waals surface area (Å²) < 4.78 is 5.30. The molecule has 0 fully saturated rings. The van der Waals surface area contributed by atoms with Crippen LogP contribution in [0.3, 0.4) is 0 Å². The van der Waals surface area contributed by atoms with Gasteiger partial charge in [0, 0.05) is 11.2 Å². The van der Waals surface area contributed by atoms with Crippen molar-refractivity contribution in [2.75, 3.05) is 0 Å². The van der Waals surface area contributed by atoms with Gasteiger partial charge >= 0.3 is 5.97 Å². The van der Waals surface area contributed by atoms with E-state index in [9.17, 15) is 4.79 Å². The first-order valence-electron chi connectivity index (χ1n) is 7.38. The number of carbonyl (C=O) groups is 1. The Morgan fingerprint density at radius 3 is 2.21 bits per heavy atom. The van der Waals surface area contributed by atoms with Crippen molar-refractivity contribution in [1.29, 1.82) is 0 Å². The van der Waals surface area contributed by atoms with Gasteiger partial charge in [-0.1, -0.05) is 41.9 Å². The van der Waals surface area contributed by atoms with E-state index < -0.39 is 0 Å². The van der Waals surface area contributed by atoms with E-state index in [1.165, 1.54) is 0 Å². The van der Waals surface area contributed by atoms with E-state index in [1.807, 2.05) is 42.5 Å². The lowest BCUT2D eigenvalue weighted by Gasteiger charge is -2.04. The molecule has 3 nitrogen and oxygen atoms in total. The van der Waals surface area contributed by atoms with Gasteiger partial charge < -0.3 is 4.74 Å². The fourth-order valence-electron chi connectivity index (χ4n) is 2.04. The molecule has 0 saturated carbocycles. The predicted molar refractivity (Wildman–Crippen MR) is 96.5 cm³/mol. The second kappa shape index (κ2) is 7.57. The molecule has 0 heterocycles. The Morgan fingerprint density at radius 2 is 1.54 bits per heavy atom. The number of benzene rings is 3. The molecule has 118 valence electrons. The van der Waals surface area contributed by atoms with Crippen LogP contribution in [0.25, 0.3) is 0 Å². The van der Waals surface area contributed by atoms with Crippen LogP contribution in [0.15, 0.2) is 83.9 Å². The van der Waals surface area contributed by atoms with Crippen molar-refractivity contribution in [3.05, 3.63) is 95.0 Å². The van der Waals surface area contributed by atoms with Crippen LogP contribution in [0.4, 0.5) is 5.69 Å². The average Bonchev–Trinajstić information content (AvgIpc) is 2.62. The zero-order chi connectivity index (χ0) is 16.8. The summed E-state index contributed by atoms with van der Waals surface area (Å²) in [5.74, 6) is 0.137. The fraction of sp³-hybridized carbons (Fsp3) is 0. The summed E-state index contributed by atoms with van der Waals surface area (Å²) in [6.45, 7) is 0. The minimum atomic E-state index is -0.387. The summed E-state index contributed by atoms with van der Waals surface area (Å²) in [4.78, 5) is 16.4. The number of para-hydroxylation sites is 1. The molecule has 0 N–H and O–H groups in total. The van der Waals surface area contributed by atoms with Crippen molar-refractivity contribution in [3.8, 4) is 5.75 Å². The Bertz CT molecular complexity index is 841. The summed E-state index contributed by atoms with van der Waals surface area (Å²) in [5, 5.41) is 0.676. The minimum Gasteiger partial charge on any atom is -0.423 e. The van der Waals surface area contributed by atoms with Crippen LogP contribution in [-0.4, -0.2) is 12.2 Å². The van der Waals surface area contributed by atoms with Crippen molar-refractivity contribution in [3.63, 3.8) is 0 Å². The molecule has 0 bridgehead atoms. The topological polar surface area (TPSA) is 38.7 Å². The Kier molecular flexibility index (Phi) is 5.04. The number of rotatable bonds is 4. The highest BCUT2D eigenvalue weighted by atomic mass is 35.5. The van der Waals surface area contributed by atoms with Crippen LogP contribution in [0.2, 0.25) is 5.02 Å². The second-order valence-electron chi connectivity index (χ2n) is 5.06. The number of esters is 1. The second-order valence-corrected chi connectivity index (χ2v) is 5.50. The molecule has 0 radical (unpaired) electrons. The monoisotopic (exact) mass is 335 g/mol. The van der Waals surface area contributed by atoms with Gasteiger partial charge in [-0.25, -0.2) is 4.79 Å². The van der Waals surface area contributed by atoms with Crippen LogP contribution in [0.5, 0.6) is 5.75 Å². The third kappa shape index (κ3) is 4.31. The number of hydrogen-bond donors (Lipinski definition) is 0. The van der Waals surface area contributed by atoms with Gasteiger partial charge in [0.25, 0.3) is 0 Å². The molecule has 3 aromatic carbocycles. The Balaban J connectivity index is 1.66. The van der Waals surface area contributed by atoms with E-state index in [-0.39, 0.29) is 5.97 Å². The average molecular weight is 336 g/mol. The van der Waals surface area contributed by atoms with Crippen LogP contribution in [0, 0.1) is 0 Å². The number of ether oxygens (including phenoxy) is 1. The van der Waals surface area contributed by atoms with E-state index in [0.717, 1.165) is 11.3 Å². The fourth-order valence-corrected chi connectivity index (χ4v) is 2.16. The molecular weight excluding hydrogens is 322 g/mol. The lowest BCUT2D eigenvalue weighted by Crippen LogP contribution is -2.08. The van der Waals surface area contributed by atoms with Gasteiger partial charge in [-0.2, -0.15) is 0 Å². The summed E-state index contributed by atoms with van der Waals surface area (Å²) in [6.07, 6.45) is 1.73. The van der Waals surface area contributed by atoms with Crippen LogP contribution in [-0.2, 0) is 0 Å². The van der Waals surface area contributed by atoms with Crippen LogP contribution in [0.1, 0.15) is 15.9 Å². The Morgan fingerprint density at radius 1 is 0.875 bits per heavy atom. The number of halogens is 1. The molecule has 0 amide bonds. The summed E-state index contributed by atoms with van der Waals surface area (Å²) in [5.41, 5.74) is 2.19. The third-order valence-corrected chi connectivity index (χ3v) is 3.54. The highest BCUT2D eigenvalue weighted by Gasteiger charge is 2.07. The first kappa shape index (κ1) is 16.0. The molecule has 0 unspecified atom stereocenters.